The Labute approximate surface area is 223 Å². The van der Waals surface area contributed by atoms with Crippen molar-refractivity contribution in [2.24, 2.45) is 0 Å². The van der Waals surface area contributed by atoms with Gasteiger partial charge in [0, 0.05) is 32.2 Å². The molecule has 0 radical (unpaired) electrons. The molecule has 3 aromatic heterocycles. The van der Waals surface area contributed by atoms with Gasteiger partial charge in [-0.25, -0.2) is 23.4 Å². The second kappa shape index (κ2) is 12.1. The second-order valence-electron chi connectivity index (χ2n) is 9.29. The van der Waals surface area contributed by atoms with E-state index in [2.05, 4.69) is 29.9 Å². The first kappa shape index (κ1) is 27.9. The Hall–Kier alpha value is -3.16. The van der Waals surface area contributed by atoms with Crippen molar-refractivity contribution < 1.29 is 22.6 Å². The molecular formula is C25H35N7O5S. The predicted molar refractivity (Wildman–Crippen MR) is 141 cm³/mol. The van der Waals surface area contributed by atoms with Crippen LogP contribution in [0, 0.1) is 6.92 Å². The van der Waals surface area contributed by atoms with Crippen molar-refractivity contribution >= 4 is 16.0 Å². The van der Waals surface area contributed by atoms with E-state index in [0.717, 1.165) is 24.8 Å². The maximum Gasteiger partial charge on any atom is 0.240 e. The molecule has 3 aromatic rings. The van der Waals surface area contributed by atoms with Crippen LogP contribution in [0.1, 0.15) is 63.1 Å². The number of hydrogen-bond acceptors (Lipinski definition) is 10. The van der Waals surface area contributed by atoms with E-state index in [-0.39, 0.29) is 23.9 Å². The zero-order chi connectivity index (χ0) is 27.3. The molecule has 1 aliphatic rings. The molecule has 4 heterocycles. The maximum absolute atomic E-state index is 13.6. The van der Waals surface area contributed by atoms with E-state index in [9.17, 15) is 8.42 Å². The molecule has 0 saturated carbocycles. The summed E-state index contributed by atoms with van der Waals surface area (Å²) in [5.74, 6) is 1.19. The van der Waals surface area contributed by atoms with Crippen LogP contribution < -0.4 is 9.46 Å². The van der Waals surface area contributed by atoms with Crippen LogP contribution in [0.25, 0.3) is 11.5 Å². The van der Waals surface area contributed by atoms with Crippen LogP contribution >= 0.6 is 0 Å². The molecule has 38 heavy (non-hydrogen) atoms. The molecule has 0 amide bonds. The summed E-state index contributed by atoms with van der Waals surface area (Å²) in [4.78, 5) is 13.1. The van der Waals surface area contributed by atoms with Gasteiger partial charge in [0.25, 0.3) is 0 Å². The van der Waals surface area contributed by atoms with Gasteiger partial charge in [-0.1, -0.05) is 13.0 Å². The number of aromatic nitrogens is 6. The minimum Gasteiger partial charge on any atom is -0.481 e. The SMILES string of the molecule is CC[C@@H]([C@H]1CCCCO1)n1c(NS(=O)(=O)[C@@H](C)[C@H](OC)c2ncc(C)cn2)nnc1-c1cccc(OC)n1. The first-order valence-corrected chi connectivity index (χ1v) is 14.2. The third-order valence-corrected chi connectivity index (χ3v) is 8.40. The highest BCUT2D eigenvalue weighted by Crippen LogP contribution is 2.34. The number of ether oxygens (including phenoxy) is 3. The van der Waals surface area contributed by atoms with Gasteiger partial charge in [0.05, 0.1) is 19.3 Å². The van der Waals surface area contributed by atoms with E-state index < -0.39 is 21.4 Å². The molecule has 1 aliphatic heterocycles. The fourth-order valence-electron chi connectivity index (χ4n) is 4.62. The van der Waals surface area contributed by atoms with Crippen molar-refractivity contribution in [2.75, 3.05) is 25.5 Å². The van der Waals surface area contributed by atoms with E-state index in [1.54, 1.807) is 42.1 Å². The number of hydrogen-bond donors (Lipinski definition) is 1. The summed E-state index contributed by atoms with van der Waals surface area (Å²) >= 11 is 0. The van der Waals surface area contributed by atoms with Gasteiger partial charge in [-0.15, -0.1) is 10.2 Å². The first-order chi connectivity index (χ1) is 18.3. The summed E-state index contributed by atoms with van der Waals surface area (Å²) in [5.41, 5.74) is 1.37. The van der Waals surface area contributed by atoms with Crippen LogP contribution in [0.4, 0.5) is 5.95 Å². The Morgan fingerprint density at radius 2 is 1.95 bits per heavy atom. The fourth-order valence-corrected chi connectivity index (χ4v) is 5.76. The zero-order valence-electron chi connectivity index (χ0n) is 22.4. The van der Waals surface area contributed by atoms with Crippen molar-refractivity contribution in [3.05, 3.63) is 42.0 Å². The minimum atomic E-state index is -4.02. The van der Waals surface area contributed by atoms with E-state index in [0.29, 0.717) is 30.4 Å². The average molecular weight is 546 g/mol. The molecule has 0 spiro atoms. The van der Waals surface area contributed by atoms with E-state index >= 15 is 0 Å². The molecule has 206 valence electrons. The number of nitrogens with zero attached hydrogens (tertiary/aromatic N) is 6. The van der Waals surface area contributed by atoms with Gasteiger partial charge in [0.15, 0.2) is 11.6 Å². The molecule has 1 saturated heterocycles. The van der Waals surface area contributed by atoms with Gasteiger partial charge in [-0.05, 0) is 51.2 Å². The van der Waals surface area contributed by atoms with Gasteiger partial charge >= 0.3 is 0 Å². The van der Waals surface area contributed by atoms with E-state index in [1.165, 1.54) is 14.2 Å². The van der Waals surface area contributed by atoms with Gasteiger partial charge in [-0.2, -0.15) is 0 Å². The minimum absolute atomic E-state index is 0.0807. The summed E-state index contributed by atoms with van der Waals surface area (Å²) in [6.07, 6.45) is 5.77. The van der Waals surface area contributed by atoms with Crippen LogP contribution in [-0.2, 0) is 19.5 Å². The highest BCUT2D eigenvalue weighted by Gasteiger charge is 2.36. The third-order valence-electron chi connectivity index (χ3n) is 6.71. The Morgan fingerprint density at radius 3 is 2.58 bits per heavy atom. The number of pyridine rings is 1. The highest BCUT2D eigenvalue weighted by molar-refractivity contribution is 7.93. The topological polar surface area (TPSA) is 143 Å². The summed E-state index contributed by atoms with van der Waals surface area (Å²) < 4.78 is 48.6. The molecule has 0 aromatic carbocycles. The fraction of sp³-hybridized carbons (Fsp3) is 0.560. The second-order valence-corrected chi connectivity index (χ2v) is 11.3. The summed E-state index contributed by atoms with van der Waals surface area (Å²) in [7, 11) is -1.06. The van der Waals surface area contributed by atoms with Crippen molar-refractivity contribution in [2.45, 2.75) is 70.0 Å². The largest absolute Gasteiger partial charge is 0.481 e. The van der Waals surface area contributed by atoms with Crippen LogP contribution in [-0.4, -0.2) is 70.3 Å². The zero-order valence-corrected chi connectivity index (χ0v) is 23.2. The van der Waals surface area contributed by atoms with Gasteiger partial charge in [0.1, 0.15) is 17.0 Å². The number of aryl methyl sites for hydroxylation is 1. The number of nitrogens with one attached hydrogen (secondary N) is 1. The molecule has 0 bridgehead atoms. The van der Waals surface area contributed by atoms with Gasteiger partial charge in [-0.3, -0.25) is 9.29 Å². The summed E-state index contributed by atoms with van der Waals surface area (Å²) in [5, 5.41) is 7.58. The van der Waals surface area contributed by atoms with Crippen molar-refractivity contribution in [1.29, 1.82) is 0 Å². The average Bonchev–Trinajstić information content (AvgIpc) is 3.33. The molecule has 13 heteroatoms. The van der Waals surface area contributed by atoms with E-state index in [4.69, 9.17) is 14.2 Å². The molecular weight excluding hydrogens is 510 g/mol. The summed E-state index contributed by atoms with van der Waals surface area (Å²) in [6.45, 7) is 6.09. The molecule has 0 unspecified atom stereocenters. The number of anilines is 1. The number of methoxy groups -OCH3 is 2. The lowest BCUT2D eigenvalue weighted by molar-refractivity contribution is -0.0169. The van der Waals surface area contributed by atoms with Crippen LogP contribution in [0.2, 0.25) is 0 Å². The number of sulfonamides is 1. The Kier molecular flexibility index (Phi) is 8.90. The Bertz CT molecular complexity index is 1310. The molecule has 0 aliphatic carbocycles. The molecule has 12 nitrogen and oxygen atoms in total. The first-order valence-electron chi connectivity index (χ1n) is 12.7. The maximum atomic E-state index is 13.6. The standard InChI is InChI=1S/C25H35N7O5S/c1-6-19(20-11-7-8-13-37-20)32-24(18-10-9-12-21(28-18)35-4)29-30-25(32)31-38(33,34)17(3)22(36-5)23-26-14-16(2)15-27-23/h9-10,12,14-15,17,19-20,22H,6-8,11,13H2,1-5H3,(H,30,31)/t17-,19-,20+,22-/m0/s1. The monoisotopic (exact) mass is 545 g/mol. The van der Waals surface area contributed by atoms with Gasteiger partial charge in [0.2, 0.25) is 21.9 Å². The van der Waals surface area contributed by atoms with Crippen molar-refractivity contribution in [3.63, 3.8) is 0 Å². The highest BCUT2D eigenvalue weighted by atomic mass is 32.2. The van der Waals surface area contributed by atoms with Crippen molar-refractivity contribution in [1.82, 2.24) is 29.7 Å². The smallest absolute Gasteiger partial charge is 0.240 e. The van der Waals surface area contributed by atoms with Gasteiger partial charge < -0.3 is 14.2 Å². The lowest BCUT2D eigenvalue weighted by Crippen LogP contribution is -2.35. The molecule has 1 fully saturated rings. The quantitative estimate of drug-likeness (QED) is 0.380. The molecule has 1 N–H and O–H groups in total. The Balaban J connectivity index is 1.73. The van der Waals surface area contributed by atoms with E-state index in [1.807, 2.05) is 13.8 Å². The van der Waals surface area contributed by atoms with Crippen molar-refractivity contribution in [3.8, 4) is 17.4 Å². The Morgan fingerprint density at radius 1 is 1.18 bits per heavy atom. The lowest BCUT2D eigenvalue weighted by Gasteiger charge is -2.32. The van der Waals surface area contributed by atoms with Crippen LogP contribution in [0.15, 0.2) is 30.6 Å². The normalized spacial score (nSPS) is 18.5. The molecule has 4 atom stereocenters. The third kappa shape index (κ3) is 5.94. The van der Waals surface area contributed by atoms with Crippen LogP contribution in [0.5, 0.6) is 5.88 Å². The van der Waals surface area contributed by atoms with Crippen LogP contribution in [0.3, 0.4) is 0 Å². The summed E-state index contributed by atoms with van der Waals surface area (Å²) in [6, 6.07) is 5.10. The predicted octanol–water partition coefficient (Wildman–Crippen LogP) is 3.49. The lowest BCUT2D eigenvalue weighted by atomic mass is 9.99. The number of rotatable bonds is 11. The molecule has 4 rings (SSSR count).